The third-order valence-corrected chi connectivity index (χ3v) is 3.45. The first kappa shape index (κ1) is 12.5. The van der Waals surface area contributed by atoms with Crippen molar-refractivity contribution in [3.8, 4) is 0 Å². The van der Waals surface area contributed by atoms with Crippen LogP contribution in [0.1, 0.15) is 25.7 Å². The minimum Gasteiger partial charge on any atom is -0.354 e. The van der Waals surface area contributed by atoms with E-state index in [0.717, 1.165) is 13.1 Å². The molecular formula is C11H23N3O. The van der Waals surface area contributed by atoms with Crippen molar-refractivity contribution in [3.63, 3.8) is 0 Å². The summed E-state index contributed by atoms with van der Waals surface area (Å²) in [5.41, 5.74) is 0.231. The van der Waals surface area contributed by atoms with Gasteiger partial charge in [0.1, 0.15) is 0 Å². The number of nitrogens with one attached hydrogen (secondary N) is 2. The van der Waals surface area contributed by atoms with Gasteiger partial charge in [0.15, 0.2) is 0 Å². The van der Waals surface area contributed by atoms with Gasteiger partial charge in [-0.1, -0.05) is 0 Å². The van der Waals surface area contributed by atoms with Crippen LogP contribution in [0.5, 0.6) is 0 Å². The lowest BCUT2D eigenvalue weighted by Gasteiger charge is -2.47. The molecule has 0 aromatic heterocycles. The summed E-state index contributed by atoms with van der Waals surface area (Å²) in [6, 6.07) is 0. The number of nitrogens with zero attached hydrogens (tertiary/aromatic N) is 1. The van der Waals surface area contributed by atoms with Gasteiger partial charge in [-0.3, -0.25) is 4.79 Å². The highest BCUT2D eigenvalue weighted by atomic mass is 16.1. The predicted molar refractivity (Wildman–Crippen MR) is 61.8 cm³/mol. The Balaban J connectivity index is 2.25. The number of hydrogen-bond donors (Lipinski definition) is 2. The average molecular weight is 213 g/mol. The van der Waals surface area contributed by atoms with Crippen LogP contribution in [0.2, 0.25) is 0 Å². The maximum Gasteiger partial charge on any atom is 0.221 e. The van der Waals surface area contributed by atoms with Gasteiger partial charge >= 0.3 is 0 Å². The quantitative estimate of drug-likeness (QED) is 0.662. The SMILES string of the molecule is CNCCC(=O)NCC1(N(C)C)CCC1. The first-order valence-corrected chi connectivity index (χ1v) is 5.69. The Hall–Kier alpha value is -0.610. The summed E-state index contributed by atoms with van der Waals surface area (Å²) in [5.74, 6) is 0.150. The van der Waals surface area contributed by atoms with E-state index >= 15 is 0 Å². The summed E-state index contributed by atoms with van der Waals surface area (Å²) in [4.78, 5) is 13.7. The topological polar surface area (TPSA) is 44.4 Å². The highest BCUT2D eigenvalue weighted by Crippen LogP contribution is 2.35. The largest absolute Gasteiger partial charge is 0.354 e. The summed E-state index contributed by atoms with van der Waals surface area (Å²) >= 11 is 0. The maximum absolute atomic E-state index is 11.4. The summed E-state index contributed by atoms with van der Waals surface area (Å²) in [7, 11) is 6.05. The molecule has 0 aromatic carbocycles. The Kier molecular flexibility index (Phi) is 4.54. The fourth-order valence-electron chi connectivity index (χ4n) is 1.96. The molecular weight excluding hydrogens is 190 g/mol. The smallest absolute Gasteiger partial charge is 0.221 e. The second-order valence-corrected chi connectivity index (χ2v) is 4.60. The van der Waals surface area contributed by atoms with Gasteiger partial charge in [0.25, 0.3) is 0 Å². The summed E-state index contributed by atoms with van der Waals surface area (Å²) in [6.45, 7) is 1.54. The van der Waals surface area contributed by atoms with Crippen LogP contribution in [0.25, 0.3) is 0 Å². The van der Waals surface area contributed by atoms with Gasteiger partial charge in [-0.25, -0.2) is 0 Å². The number of carbonyl (C=O) groups excluding carboxylic acids is 1. The van der Waals surface area contributed by atoms with Gasteiger partial charge in [-0.05, 0) is 40.4 Å². The predicted octanol–water partition coefficient (Wildman–Crippen LogP) is 0.196. The minimum absolute atomic E-state index is 0.150. The minimum atomic E-state index is 0.150. The lowest BCUT2D eigenvalue weighted by molar-refractivity contribution is -0.122. The Morgan fingerprint density at radius 1 is 1.40 bits per heavy atom. The lowest BCUT2D eigenvalue weighted by atomic mass is 9.75. The third-order valence-electron chi connectivity index (χ3n) is 3.45. The molecule has 15 heavy (non-hydrogen) atoms. The molecule has 0 aromatic rings. The Morgan fingerprint density at radius 2 is 2.07 bits per heavy atom. The van der Waals surface area contributed by atoms with E-state index in [0.29, 0.717) is 6.42 Å². The van der Waals surface area contributed by atoms with E-state index in [4.69, 9.17) is 0 Å². The van der Waals surface area contributed by atoms with E-state index < -0.39 is 0 Å². The van der Waals surface area contributed by atoms with Gasteiger partial charge in [-0.2, -0.15) is 0 Å². The van der Waals surface area contributed by atoms with E-state index in [2.05, 4.69) is 29.6 Å². The van der Waals surface area contributed by atoms with Crippen molar-refractivity contribution in [1.82, 2.24) is 15.5 Å². The molecule has 0 spiro atoms. The molecule has 0 bridgehead atoms. The van der Waals surface area contributed by atoms with Crippen LogP contribution in [0.15, 0.2) is 0 Å². The molecule has 1 amide bonds. The van der Waals surface area contributed by atoms with Crippen molar-refractivity contribution >= 4 is 5.91 Å². The van der Waals surface area contributed by atoms with Crippen molar-refractivity contribution in [1.29, 1.82) is 0 Å². The molecule has 0 aliphatic heterocycles. The number of carbonyl (C=O) groups is 1. The molecule has 0 radical (unpaired) electrons. The monoisotopic (exact) mass is 213 g/mol. The first-order valence-electron chi connectivity index (χ1n) is 5.69. The standard InChI is InChI=1S/C11H23N3O/c1-12-8-5-10(15)13-9-11(14(2)3)6-4-7-11/h12H,4-9H2,1-3H3,(H,13,15). The molecule has 1 fully saturated rings. The zero-order chi connectivity index (χ0) is 11.3. The first-order chi connectivity index (χ1) is 7.10. The third kappa shape index (κ3) is 3.18. The van der Waals surface area contributed by atoms with E-state index in [1.54, 1.807) is 0 Å². The molecule has 0 atom stereocenters. The highest BCUT2D eigenvalue weighted by Gasteiger charge is 2.38. The van der Waals surface area contributed by atoms with E-state index in [1.807, 2.05) is 7.05 Å². The summed E-state index contributed by atoms with van der Waals surface area (Å²) in [6.07, 6.45) is 4.25. The van der Waals surface area contributed by atoms with Crippen molar-refractivity contribution in [2.24, 2.45) is 0 Å². The fraction of sp³-hybridized carbons (Fsp3) is 0.909. The number of rotatable bonds is 6. The average Bonchev–Trinajstić information content (AvgIpc) is 2.12. The molecule has 1 rings (SSSR count). The second kappa shape index (κ2) is 5.47. The molecule has 0 saturated heterocycles. The Labute approximate surface area is 92.4 Å². The molecule has 0 heterocycles. The Bertz CT molecular complexity index is 212. The van der Waals surface area contributed by atoms with Crippen LogP contribution in [0, 0.1) is 0 Å². The molecule has 2 N–H and O–H groups in total. The van der Waals surface area contributed by atoms with Crippen molar-refractivity contribution in [2.75, 3.05) is 34.2 Å². The molecule has 4 heteroatoms. The van der Waals surface area contributed by atoms with Gasteiger partial charge in [0, 0.05) is 25.0 Å². The van der Waals surface area contributed by atoms with Gasteiger partial charge in [0.05, 0.1) is 0 Å². The van der Waals surface area contributed by atoms with Crippen LogP contribution in [0.4, 0.5) is 0 Å². The zero-order valence-electron chi connectivity index (χ0n) is 10.1. The number of amides is 1. The zero-order valence-corrected chi connectivity index (χ0v) is 10.1. The number of likely N-dealkylation sites (N-methyl/N-ethyl adjacent to an activating group) is 1. The van der Waals surface area contributed by atoms with Crippen LogP contribution < -0.4 is 10.6 Å². The highest BCUT2D eigenvalue weighted by molar-refractivity contribution is 5.76. The van der Waals surface area contributed by atoms with Crippen molar-refractivity contribution in [3.05, 3.63) is 0 Å². The molecule has 4 nitrogen and oxygen atoms in total. The lowest BCUT2D eigenvalue weighted by Crippen LogP contribution is -2.57. The van der Waals surface area contributed by atoms with E-state index in [-0.39, 0.29) is 11.4 Å². The summed E-state index contributed by atoms with van der Waals surface area (Å²) in [5, 5.41) is 6.00. The number of hydrogen-bond acceptors (Lipinski definition) is 3. The van der Waals surface area contributed by atoms with Gasteiger partial charge in [0.2, 0.25) is 5.91 Å². The second-order valence-electron chi connectivity index (χ2n) is 4.60. The van der Waals surface area contributed by atoms with E-state index in [1.165, 1.54) is 19.3 Å². The van der Waals surface area contributed by atoms with Crippen LogP contribution in [-0.4, -0.2) is 50.6 Å². The Morgan fingerprint density at radius 3 is 2.47 bits per heavy atom. The fourth-order valence-corrected chi connectivity index (χ4v) is 1.96. The van der Waals surface area contributed by atoms with E-state index in [9.17, 15) is 4.79 Å². The van der Waals surface area contributed by atoms with Crippen molar-refractivity contribution < 1.29 is 4.79 Å². The van der Waals surface area contributed by atoms with Gasteiger partial charge < -0.3 is 15.5 Å². The van der Waals surface area contributed by atoms with Crippen molar-refractivity contribution in [2.45, 2.75) is 31.2 Å². The molecule has 88 valence electrons. The van der Waals surface area contributed by atoms with Crippen LogP contribution >= 0.6 is 0 Å². The normalized spacial score (nSPS) is 18.7. The van der Waals surface area contributed by atoms with Gasteiger partial charge in [-0.15, -0.1) is 0 Å². The van der Waals surface area contributed by atoms with Crippen LogP contribution in [-0.2, 0) is 4.79 Å². The molecule has 1 aliphatic rings. The summed E-state index contributed by atoms with van der Waals surface area (Å²) < 4.78 is 0. The molecule has 1 saturated carbocycles. The maximum atomic E-state index is 11.4. The van der Waals surface area contributed by atoms with Crippen LogP contribution in [0.3, 0.4) is 0 Å². The molecule has 0 unspecified atom stereocenters. The molecule has 1 aliphatic carbocycles.